The van der Waals surface area contributed by atoms with Crippen LogP contribution in [0.4, 0.5) is 34.1 Å². The summed E-state index contributed by atoms with van der Waals surface area (Å²) < 4.78 is 12.6. The van der Waals surface area contributed by atoms with Crippen LogP contribution in [-0.4, -0.2) is 0 Å². The van der Waals surface area contributed by atoms with E-state index >= 15 is 0 Å². The number of para-hydroxylation sites is 2. The van der Waals surface area contributed by atoms with Crippen LogP contribution in [0.15, 0.2) is 494 Å². The highest BCUT2D eigenvalue weighted by Crippen LogP contribution is 2.67. The van der Waals surface area contributed by atoms with Gasteiger partial charge in [0.15, 0.2) is 0 Å². The van der Waals surface area contributed by atoms with Gasteiger partial charge < -0.3 is 18.6 Å². The summed E-state index contributed by atoms with van der Waals surface area (Å²) in [5.41, 5.74) is 41.2. The van der Waals surface area contributed by atoms with Gasteiger partial charge in [0, 0.05) is 61.1 Å². The third-order valence-electron chi connectivity index (χ3n) is 28.6. The molecule has 0 saturated heterocycles. The summed E-state index contributed by atoms with van der Waals surface area (Å²) in [5, 5.41) is 4.55. The van der Waals surface area contributed by atoms with E-state index in [1.807, 2.05) is 18.2 Å². The van der Waals surface area contributed by atoms with Crippen molar-refractivity contribution in [2.24, 2.45) is 0 Å². The number of fused-ring (bicyclic) bond motifs is 24. The van der Waals surface area contributed by atoms with Gasteiger partial charge in [0.05, 0.1) is 16.2 Å². The lowest BCUT2D eigenvalue weighted by Crippen LogP contribution is -2.44. The molecular formula is C126H86N2O2. The molecule has 0 N–H and O–H groups in total. The van der Waals surface area contributed by atoms with Gasteiger partial charge in [-0.15, -0.1) is 0 Å². The van der Waals surface area contributed by atoms with E-state index < -0.39 is 16.2 Å². The SMILES string of the molecule is CC1(C)c2ccccc2C2(c3ccccc3-c3ccc(N(c4ccc(-c5ccccc5)cc4)c4ccc(-c5cccc6oc7ccccc7c56)cc4)cc32)c2ccccc21.c1ccc(-c2ccc(N(c3ccc(-c4cccc5oc6ccccc6c45)cc3)c3ccc4c(c3)C3(c5ccccc5-4)c4ccccc4C(c4ccccc4)(c4ccccc4)c4ccccc43)cc2)cc1. The van der Waals surface area contributed by atoms with E-state index in [1.165, 1.54) is 122 Å². The standard InChI is InChI=1S/C68H45NO.C58H41NO/c1-4-19-46(20-5-1)47-35-39-51(40-36-47)69(52-41-37-48(38-42-52)54-27-18-34-65-66(54)57-26-11-17-33-64(57)70-65)53-43-44-56-55-25-10-12-28-58(55)68(63(56)45-53)61-31-15-13-29-59(61)67(49-21-6-2-7-22-49,50-23-8-3-9-24-50)60-30-14-16-32-62(60)68;1-57(2)49-21-9-11-23-51(49)58(52-24-12-10-22-50(52)57)48-20-8-6-17-45(48)46-36-35-43(37-53(46)58)59(41-31-27-39(28-32-41)38-15-4-3-5-16-38)42-33-29-40(30-34-42)44-19-14-26-55-56(44)47-18-7-13-25-54(47)60-55/h1-45H;3-37H,1-2H3. The Bertz CT molecular complexity index is 8030. The van der Waals surface area contributed by atoms with E-state index in [9.17, 15) is 0 Å². The fourth-order valence-corrected chi connectivity index (χ4v) is 23.1. The third-order valence-corrected chi connectivity index (χ3v) is 28.6. The molecule has 612 valence electrons. The smallest absolute Gasteiger partial charge is 0.136 e. The van der Waals surface area contributed by atoms with Gasteiger partial charge in [-0.1, -0.05) is 402 Å². The monoisotopic (exact) mass is 1660 g/mol. The van der Waals surface area contributed by atoms with Crippen LogP contribution in [-0.2, 0) is 21.7 Å². The van der Waals surface area contributed by atoms with E-state index in [-0.39, 0.29) is 5.41 Å². The van der Waals surface area contributed by atoms with Gasteiger partial charge in [0.1, 0.15) is 22.3 Å². The predicted octanol–water partition coefficient (Wildman–Crippen LogP) is 32.8. The third kappa shape index (κ3) is 11.4. The van der Waals surface area contributed by atoms with Crippen molar-refractivity contribution in [1.29, 1.82) is 0 Å². The molecule has 4 aliphatic rings. The normalized spacial score (nSPS) is 13.9. The number of rotatable bonds is 12. The predicted molar refractivity (Wildman–Crippen MR) is 537 cm³/mol. The zero-order valence-electron chi connectivity index (χ0n) is 71.9. The van der Waals surface area contributed by atoms with Gasteiger partial charge in [-0.2, -0.15) is 0 Å². The largest absolute Gasteiger partial charge is 0.456 e. The Morgan fingerprint density at radius 1 is 0.169 bits per heavy atom. The van der Waals surface area contributed by atoms with Gasteiger partial charge in [0.25, 0.3) is 0 Å². The number of hydrogen-bond acceptors (Lipinski definition) is 4. The van der Waals surface area contributed by atoms with E-state index in [4.69, 9.17) is 8.83 Å². The molecule has 0 radical (unpaired) electrons. The molecule has 2 heterocycles. The van der Waals surface area contributed by atoms with E-state index in [2.05, 4.69) is 491 Å². The molecular weight excluding hydrogens is 1570 g/mol. The van der Waals surface area contributed by atoms with Crippen molar-refractivity contribution in [2.45, 2.75) is 35.5 Å². The summed E-state index contributed by atoms with van der Waals surface area (Å²) in [5.74, 6) is 0. The molecule has 4 aliphatic carbocycles. The molecule has 22 aromatic rings. The molecule has 0 bridgehead atoms. The second kappa shape index (κ2) is 30.2. The summed E-state index contributed by atoms with van der Waals surface area (Å²) in [6.45, 7) is 4.77. The van der Waals surface area contributed by atoms with Crippen molar-refractivity contribution in [1.82, 2.24) is 0 Å². The number of anilines is 6. The highest BCUT2D eigenvalue weighted by Gasteiger charge is 2.58. The van der Waals surface area contributed by atoms with Crippen molar-refractivity contribution >= 4 is 78.0 Å². The Labute approximate surface area is 756 Å². The molecule has 0 unspecified atom stereocenters. The lowest BCUT2D eigenvalue weighted by Gasteiger charge is -2.50. The lowest BCUT2D eigenvalue weighted by molar-refractivity contribution is 0.563. The minimum absolute atomic E-state index is 0.158. The maximum Gasteiger partial charge on any atom is 0.136 e. The number of benzene rings is 20. The van der Waals surface area contributed by atoms with Crippen LogP contribution in [0.5, 0.6) is 0 Å². The van der Waals surface area contributed by atoms with Crippen molar-refractivity contribution < 1.29 is 8.83 Å². The Hall–Kier alpha value is -16.4. The lowest BCUT2D eigenvalue weighted by atomic mass is 9.51. The minimum Gasteiger partial charge on any atom is -0.456 e. The van der Waals surface area contributed by atoms with E-state index in [1.54, 1.807) is 0 Å². The zero-order chi connectivity index (χ0) is 86.2. The molecule has 0 saturated carbocycles. The van der Waals surface area contributed by atoms with Crippen LogP contribution >= 0.6 is 0 Å². The molecule has 0 amide bonds. The summed E-state index contributed by atoms with van der Waals surface area (Å²) in [6.07, 6.45) is 0. The van der Waals surface area contributed by atoms with E-state index in [0.717, 1.165) is 100 Å². The Kier molecular flexibility index (Phi) is 17.7. The summed E-state index contributed by atoms with van der Waals surface area (Å²) >= 11 is 0. The van der Waals surface area contributed by atoms with Crippen molar-refractivity contribution in [3.8, 4) is 66.8 Å². The highest BCUT2D eigenvalue weighted by atomic mass is 16.3. The van der Waals surface area contributed by atoms with Crippen LogP contribution in [0, 0.1) is 0 Å². The molecule has 4 heteroatoms. The number of hydrogen-bond donors (Lipinski definition) is 0. The molecule has 2 spiro atoms. The molecule has 20 aromatic carbocycles. The summed E-state index contributed by atoms with van der Waals surface area (Å²) in [6, 6.07) is 179. The van der Waals surface area contributed by atoms with Gasteiger partial charge in [-0.3, -0.25) is 0 Å². The molecule has 0 fully saturated rings. The van der Waals surface area contributed by atoms with Crippen LogP contribution in [0.3, 0.4) is 0 Å². The summed E-state index contributed by atoms with van der Waals surface area (Å²) in [4.78, 5) is 4.86. The van der Waals surface area contributed by atoms with Crippen LogP contribution in [0.2, 0.25) is 0 Å². The van der Waals surface area contributed by atoms with Crippen LogP contribution < -0.4 is 9.80 Å². The molecule has 2 aromatic heterocycles. The highest BCUT2D eigenvalue weighted by molar-refractivity contribution is 6.14. The maximum atomic E-state index is 6.33. The summed E-state index contributed by atoms with van der Waals surface area (Å²) in [7, 11) is 0. The molecule has 0 aliphatic heterocycles. The quantitative estimate of drug-likeness (QED) is 0.122. The second-order valence-electron chi connectivity index (χ2n) is 35.5. The number of nitrogens with zero attached hydrogens (tertiary/aromatic N) is 2. The molecule has 4 nitrogen and oxygen atoms in total. The van der Waals surface area contributed by atoms with Gasteiger partial charge >= 0.3 is 0 Å². The fourth-order valence-electron chi connectivity index (χ4n) is 23.1. The van der Waals surface area contributed by atoms with Crippen molar-refractivity contribution in [2.75, 3.05) is 9.80 Å². The average molecular weight is 1660 g/mol. The Morgan fingerprint density at radius 2 is 0.423 bits per heavy atom. The van der Waals surface area contributed by atoms with Crippen molar-refractivity contribution in [3.05, 3.63) is 563 Å². The first-order valence-corrected chi connectivity index (χ1v) is 45.2. The van der Waals surface area contributed by atoms with E-state index in [0.29, 0.717) is 0 Å². The van der Waals surface area contributed by atoms with Crippen LogP contribution in [0.1, 0.15) is 91.7 Å². The van der Waals surface area contributed by atoms with Crippen molar-refractivity contribution in [3.63, 3.8) is 0 Å². The molecule has 130 heavy (non-hydrogen) atoms. The van der Waals surface area contributed by atoms with Gasteiger partial charge in [-0.05, 0) is 242 Å². The van der Waals surface area contributed by atoms with Crippen LogP contribution in [0.25, 0.3) is 111 Å². The molecule has 26 rings (SSSR count). The number of furan rings is 2. The first-order chi connectivity index (χ1) is 64.2. The average Bonchev–Trinajstić information content (AvgIpc) is 1.41. The first kappa shape index (κ1) is 76.1. The zero-order valence-corrected chi connectivity index (χ0v) is 71.9. The van der Waals surface area contributed by atoms with Gasteiger partial charge in [-0.25, -0.2) is 0 Å². The van der Waals surface area contributed by atoms with Gasteiger partial charge in [0.2, 0.25) is 0 Å². The topological polar surface area (TPSA) is 32.8 Å². The Balaban J connectivity index is 0.000000142. The maximum absolute atomic E-state index is 6.33. The Morgan fingerprint density at radius 3 is 0.792 bits per heavy atom. The fraction of sp³-hybridized carbons (Fsp3) is 0.0476. The molecule has 0 atom stereocenters. The minimum atomic E-state index is -0.624. The first-order valence-electron chi connectivity index (χ1n) is 45.2. The second-order valence-corrected chi connectivity index (χ2v) is 35.5.